The molecule has 0 bridgehead atoms. The first-order valence-electron chi connectivity index (χ1n) is 7.22. The Balaban J connectivity index is 0.00000192. The van der Waals surface area contributed by atoms with Crippen molar-refractivity contribution in [3.05, 3.63) is 33.3 Å². The van der Waals surface area contributed by atoms with Crippen molar-refractivity contribution in [2.45, 2.75) is 33.4 Å². The lowest BCUT2D eigenvalue weighted by Crippen LogP contribution is -2.18. The molecule has 23 heavy (non-hydrogen) atoms. The minimum Gasteiger partial charge on any atom is -0.493 e. The van der Waals surface area contributed by atoms with Gasteiger partial charge in [0.05, 0.1) is 17.8 Å². The Hall–Kier alpha value is -1.50. The van der Waals surface area contributed by atoms with E-state index in [0.717, 1.165) is 28.6 Å². The van der Waals surface area contributed by atoms with Crippen molar-refractivity contribution in [3.63, 3.8) is 0 Å². The minimum atomic E-state index is 0. The van der Waals surface area contributed by atoms with E-state index < -0.39 is 0 Å². The van der Waals surface area contributed by atoms with Gasteiger partial charge in [0.1, 0.15) is 0 Å². The number of methoxy groups -OCH3 is 1. The van der Waals surface area contributed by atoms with E-state index in [1.807, 2.05) is 19.1 Å². The molecule has 1 aromatic heterocycles. The molecule has 126 valence electrons. The van der Waals surface area contributed by atoms with Gasteiger partial charge in [0.25, 0.3) is 0 Å². The molecule has 5 nitrogen and oxygen atoms in total. The van der Waals surface area contributed by atoms with E-state index in [4.69, 9.17) is 14.2 Å². The Kier molecular flexibility index (Phi) is 5.73. The predicted molar refractivity (Wildman–Crippen MR) is 93.2 cm³/mol. The van der Waals surface area contributed by atoms with Gasteiger partial charge >= 0.3 is 0 Å². The molecule has 7 heteroatoms. The number of hydrogen-bond acceptors (Lipinski definition) is 6. The average Bonchev–Trinajstić information content (AvgIpc) is 3.09. The largest absolute Gasteiger partial charge is 0.493 e. The van der Waals surface area contributed by atoms with Crippen molar-refractivity contribution < 1.29 is 14.2 Å². The van der Waals surface area contributed by atoms with Gasteiger partial charge < -0.3 is 19.5 Å². The molecule has 1 atom stereocenters. The van der Waals surface area contributed by atoms with Crippen LogP contribution < -0.4 is 19.5 Å². The van der Waals surface area contributed by atoms with Crippen LogP contribution in [0.5, 0.6) is 17.2 Å². The first kappa shape index (κ1) is 17.8. The molecule has 0 radical (unpaired) electrons. The van der Waals surface area contributed by atoms with Crippen LogP contribution >= 0.6 is 23.7 Å². The summed E-state index contributed by atoms with van der Waals surface area (Å²) in [4.78, 5) is 5.77. The van der Waals surface area contributed by atoms with E-state index in [1.165, 1.54) is 4.88 Å². The molecule has 1 unspecified atom stereocenters. The third-order valence-electron chi connectivity index (χ3n) is 3.66. The molecule has 0 spiro atoms. The minimum absolute atomic E-state index is 0. The maximum Gasteiger partial charge on any atom is 0.231 e. The van der Waals surface area contributed by atoms with Gasteiger partial charge in [0, 0.05) is 17.5 Å². The number of halogens is 1. The number of thiazole rings is 1. The first-order valence-corrected chi connectivity index (χ1v) is 8.04. The summed E-state index contributed by atoms with van der Waals surface area (Å²) < 4.78 is 16.2. The van der Waals surface area contributed by atoms with Crippen molar-refractivity contribution in [2.75, 3.05) is 13.9 Å². The standard InChI is InChI=1S/C16H20N2O3S.ClH/c1-9(16-10(2)18-11(3)22-16)17-7-12-5-13(19-4)15-14(6-12)20-8-21-15;/h5-6,9,17H,7-8H2,1-4H3;1H. The van der Waals surface area contributed by atoms with Crippen LogP contribution in [-0.4, -0.2) is 18.9 Å². The van der Waals surface area contributed by atoms with E-state index >= 15 is 0 Å². The van der Waals surface area contributed by atoms with Gasteiger partial charge in [0.15, 0.2) is 11.5 Å². The van der Waals surface area contributed by atoms with Crippen molar-refractivity contribution in [3.8, 4) is 17.2 Å². The van der Waals surface area contributed by atoms with Gasteiger partial charge in [-0.15, -0.1) is 23.7 Å². The Morgan fingerprint density at radius 2 is 2.13 bits per heavy atom. The summed E-state index contributed by atoms with van der Waals surface area (Å²) in [6.45, 7) is 7.23. The molecule has 1 N–H and O–H groups in total. The number of nitrogens with zero attached hydrogens (tertiary/aromatic N) is 1. The molecule has 0 amide bonds. The zero-order chi connectivity index (χ0) is 15.7. The SMILES string of the molecule is COc1cc(CNC(C)c2sc(C)nc2C)cc2c1OCO2.Cl. The Morgan fingerprint density at radius 1 is 1.35 bits per heavy atom. The highest BCUT2D eigenvalue weighted by Gasteiger charge is 2.20. The summed E-state index contributed by atoms with van der Waals surface area (Å²) in [5, 5.41) is 4.63. The fraction of sp³-hybridized carbons (Fsp3) is 0.438. The molecule has 1 aliphatic heterocycles. The molecule has 0 fully saturated rings. The summed E-state index contributed by atoms with van der Waals surface area (Å²) in [7, 11) is 1.64. The summed E-state index contributed by atoms with van der Waals surface area (Å²) in [5.41, 5.74) is 2.21. The van der Waals surface area contributed by atoms with Crippen LogP contribution in [0.1, 0.15) is 34.1 Å². The molecule has 3 rings (SSSR count). The van der Waals surface area contributed by atoms with Crippen LogP contribution in [-0.2, 0) is 6.54 Å². The van der Waals surface area contributed by atoms with Crippen LogP contribution in [0.15, 0.2) is 12.1 Å². The summed E-state index contributed by atoms with van der Waals surface area (Å²) >= 11 is 1.74. The quantitative estimate of drug-likeness (QED) is 0.883. The average molecular weight is 357 g/mol. The second-order valence-corrected chi connectivity index (χ2v) is 6.55. The fourth-order valence-electron chi connectivity index (χ4n) is 2.60. The van der Waals surface area contributed by atoms with E-state index in [0.29, 0.717) is 11.5 Å². The molecular formula is C16H21ClN2O3S. The second kappa shape index (κ2) is 7.38. The lowest BCUT2D eigenvalue weighted by atomic mass is 10.1. The molecule has 0 aliphatic carbocycles. The van der Waals surface area contributed by atoms with E-state index in [1.54, 1.807) is 18.4 Å². The Labute approximate surface area is 146 Å². The van der Waals surface area contributed by atoms with E-state index in [9.17, 15) is 0 Å². The lowest BCUT2D eigenvalue weighted by Gasteiger charge is -2.14. The number of rotatable bonds is 5. The van der Waals surface area contributed by atoms with Crippen molar-refractivity contribution in [1.82, 2.24) is 10.3 Å². The van der Waals surface area contributed by atoms with Gasteiger partial charge in [-0.1, -0.05) is 0 Å². The van der Waals surface area contributed by atoms with E-state index in [-0.39, 0.29) is 25.2 Å². The van der Waals surface area contributed by atoms with Crippen molar-refractivity contribution >= 4 is 23.7 Å². The Morgan fingerprint density at radius 3 is 2.78 bits per heavy atom. The second-order valence-electron chi connectivity index (χ2n) is 5.32. The normalized spacial score (nSPS) is 13.6. The maximum atomic E-state index is 5.46. The highest BCUT2D eigenvalue weighted by molar-refractivity contribution is 7.11. The van der Waals surface area contributed by atoms with E-state index in [2.05, 4.69) is 24.1 Å². The predicted octanol–water partition coefficient (Wildman–Crippen LogP) is 3.77. The van der Waals surface area contributed by atoms with Gasteiger partial charge in [-0.2, -0.15) is 0 Å². The van der Waals surface area contributed by atoms with Gasteiger partial charge in [-0.25, -0.2) is 4.98 Å². The van der Waals surface area contributed by atoms with Crippen molar-refractivity contribution in [2.24, 2.45) is 0 Å². The zero-order valence-electron chi connectivity index (χ0n) is 13.6. The van der Waals surface area contributed by atoms with Crippen LogP contribution in [0.25, 0.3) is 0 Å². The van der Waals surface area contributed by atoms with Crippen LogP contribution in [0.2, 0.25) is 0 Å². The topological polar surface area (TPSA) is 52.6 Å². The number of hydrogen-bond donors (Lipinski definition) is 1. The number of aryl methyl sites for hydroxylation is 2. The van der Waals surface area contributed by atoms with Crippen molar-refractivity contribution in [1.29, 1.82) is 0 Å². The third-order valence-corrected chi connectivity index (χ3v) is 4.92. The highest BCUT2D eigenvalue weighted by atomic mass is 35.5. The summed E-state index contributed by atoms with van der Waals surface area (Å²) in [5.74, 6) is 2.14. The molecule has 2 aromatic rings. The van der Waals surface area contributed by atoms with Gasteiger partial charge in [-0.3, -0.25) is 0 Å². The van der Waals surface area contributed by atoms with Gasteiger partial charge in [-0.05, 0) is 38.5 Å². The smallest absolute Gasteiger partial charge is 0.231 e. The Bertz CT molecular complexity index is 690. The molecule has 1 aliphatic rings. The number of nitrogens with one attached hydrogen (secondary N) is 1. The number of ether oxygens (including phenoxy) is 3. The summed E-state index contributed by atoms with van der Waals surface area (Å²) in [6.07, 6.45) is 0. The summed E-state index contributed by atoms with van der Waals surface area (Å²) in [6, 6.07) is 4.23. The molecule has 2 heterocycles. The third kappa shape index (κ3) is 3.71. The molecule has 0 saturated heterocycles. The number of aromatic nitrogens is 1. The molecule has 0 saturated carbocycles. The monoisotopic (exact) mass is 356 g/mol. The molecular weight excluding hydrogens is 336 g/mol. The first-order chi connectivity index (χ1) is 10.6. The zero-order valence-corrected chi connectivity index (χ0v) is 15.3. The lowest BCUT2D eigenvalue weighted by molar-refractivity contribution is 0.171. The number of fused-ring (bicyclic) bond motifs is 1. The van der Waals surface area contributed by atoms with Crippen LogP contribution in [0.3, 0.4) is 0 Å². The fourth-order valence-corrected chi connectivity index (χ4v) is 3.55. The molecule has 1 aromatic carbocycles. The number of benzene rings is 1. The van der Waals surface area contributed by atoms with Crippen LogP contribution in [0, 0.1) is 13.8 Å². The maximum absolute atomic E-state index is 5.46. The van der Waals surface area contributed by atoms with Gasteiger partial charge in [0.2, 0.25) is 12.5 Å². The highest BCUT2D eigenvalue weighted by Crippen LogP contribution is 2.41. The van der Waals surface area contributed by atoms with Crippen LogP contribution in [0.4, 0.5) is 0 Å².